The molecule has 1 aromatic heterocycles. The monoisotopic (exact) mass is 1200 g/mol. The number of nitrogens with one attached hydrogen (secondary N) is 1. The van der Waals surface area contributed by atoms with Crippen LogP contribution >= 0.6 is 63.7 Å². The minimum Gasteiger partial charge on any atom is -0.494 e. The number of nitrogens with zero attached hydrogens (tertiary/aromatic N) is 1. The topological polar surface area (TPSA) is 55.8 Å². The molecule has 364 valence electrons. The Labute approximate surface area is 458 Å². The molecule has 7 aromatic carbocycles. The van der Waals surface area contributed by atoms with Crippen molar-refractivity contribution in [3.8, 4) is 50.8 Å². The summed E-state index contributed by atoms with van der Waals surface area (Å²) in [5.74, 6) is 2.50. The fraction of sp³-hybridized carbons (Fsp3) is 0.190. The van der Waals surface area contributed by atoms with Crippen LogP contribution in [0.5, 0.6) is 17.2 Å². The van der Waals surface area contributed by atoms with Gasteiger partial charge >= 0.3 is 0 Å². The third kappa shape index (κ3) is 11.9. The zero-order valence-electron chi connectivity index (χ0n) is 40.7. The van der Waals surface area contributed by atoms with Gasteiger partial charge in [-0.1, -0.05) is 189 Å². The Morgan fingerprint density at radius 3 is 1.22 bits per heavy atom. The molecule has 0 radical (unpaired) electrons. The highest BCUT2D eigenvalue weighted by Gasteiger charge is 2.34. The van der Waals surface area contributed by atoms with Gasteiger partial charge in [-0.2, -0.15) is 0 Å². The molecule has 0 spiro atoms. The van der Waals surface area contributed by atoms with Crippen LogP contribution in [0.25, 0.3) is 50.2 Å². The molecule has 9 rings (SSSR count). The fourth-order valence-corrected chi connectivity index (χ4v) is 9.96. The highest BCUT2D eigenvalue weighted by molar-refractivity contribution is 9.11. The number of benzene rings is 7. The van der Waals surface area contributed by atoms with Crippen LogP contribution < -0.4 is 14.2 Å². The normalized spacial score (nSPS) is 13.1. The predicted octanol–water partition coefficient (Wildman–Crippen LogP) is 19.5. The second kappa shape index (κ2) is 24.3. The molecule has 0 bridgehead atoms. The smallest absolute Gasteiger partial charge is 0.119 e. The Bertz CT molecular complexity index is 3190. The Morgan fingerprint density at radius 2 is 0.764 bits per heavy atom. The van der Waals surface area contributed by atoms with E-state index in [2.05, 4.69) is 259 Å². The van der Waals surface area contributed by atoms with E-state index in [0.717, 1.165) is 163 Å². The van der Waals surface area contributed by atoms with Crippen LogP contribution in [0.1, 0.15) is 87.2 Å². The minimum absolute atomic E-state index is 0.651. The van der Waals surface area contributed by atoms with Crippen LogP contribution in [-0.2, 0) is 0 Å². The maximum Gasteiger partial charge on any atom is 0.119 e. The molecule has 1 aliphatic heterocycles. The summed E-state index contributed by atoms with van der Waals surface area (Å²) in [7, 11) is 0. The number of H-pyrrole nitrogens is 1. The van der Waals surface area contributed by atoms with Gasteiger partial charge < -0.3 is 19.2 Å². The number of allylic oxidation sites excluding steroid dienone is 2. The Kier molecular flexibility index (Phi) is 17.3. The van der Waals surface area contributed by atoms with E-state index in [9.17, 15) is 0 Å². The number of hydrogen-bond donors (Lipinski definition) is 1. The van der Waals surface area contributed by atoms with Crippen molar-refractivity contribution in [1.29, 1.82) is 0 Å². The van der Waals surface area contributed by atoms with Gasteiger partial charge in [-0.3, -0.25) is 0 Å². The van der Waals surface area contributed by atoms with Crippen LogP contribution in [-0.4, -0.2) is 30.5 Å². The van der Waals surface area contributed by atoms with Crippen molar-refractivity contribution in [3.63, 3.8) is 0 Å². The largest absolute Gasteiger partial charge is 0.494 e. The number of unbranched alkanes of at least 4 members (excludes halogenated alkanes) is 3. The highest BCUT2D eigenvalue weighted by Crippen LogP contribution is 2.51. The van der Waals surface area contributed by atoms with Crippen molar-refractivity contribution in [2.45, 2.75) is 59.3 Å². The van der Waals surface area contributed by atoms with Gasteiger partial charge in [0.05, 0.1) is 42.6 Å². The molecule has 0 atom stereocenters. The average Bonchev–Trinajstić information content (AvgIpc) is 3.99. The van der Waals surface area contributed by atoms with Gasteiger partial charge in [-0.15, -0.1) is 0 Å². The molecular weight excluding hydrogens is 1150 g/mol. The summed E-state index contributed by atoms with van der Waals surface area (Å²) < 4.78 is 22.9. The first-order valence-electron chi connectivity index (χ1n) is 24.8. The molecule has 2 heterocycles. The predicted molar refractivity (Wildman–Crippen MR) is 314 cm³/mol. The molecule has 8 aromatic rings. The number of aromatic amines is 1. The molecule has 72 heavy (non-hydrogen) atoms. The van der Waals surface area contributed by atoms with Gasteiger partial charge in [0.2, 0.25) is 0 Å². The maximum atomic E-state index is 6.32. The van der Waals surface area contributed by atoms with Gasteiger partial charge in [0.15, 0.2) is 0 Å². The van der Waals surface area contributed by atoms with Crippen molar-refractivity contribution in [2.75, 3.05) is 19.8 Å². The highest BCUT2D eigenvalue weighted by atomic mass is 79.9. The Hall–Kier alpha value is -5.71. The summed E-state index contributed by atoms with van der Waals surface area (Å²) in [6.45, 7) is 8.53. The van der Waals surface area contributed by atoms with Crippen molar-refractivity contribution < 1.29 is 14.2 Å². The lowest BCUT2D eigenvalue weighted by Gasteiger charge is -2.18. The van der Waals surface area contributed by atoms with E-state index in [1.807, 2.05) is 0 Å². The molecule has 5 nitrogen and oxygen atoms in total. The van der Waals surface area contributed by atoms with Gasteiger partial charge in [0.25, 0.3) is 0 Å². The zero-order chi connectivity index (χ0) is 50.0. The van der Waals surface area contributed by atoms with E-state index < -0.39 is 0 Å². The first-order chi connectivity index (χ1) is 35.2. The molecule has 0 unspecified atom stereocenters. The number of hydrogen-bond acceptors (Lipinski definition) is 4. The van der Waals surface area contributed by atoms with E-state index in [1.54, 1.807) is 0 Å². The van der Waals surface area contributed by atoms with E-state index in [-0.39, 0.29) is 0 Å². The first kappa shape index (κ1) is 51.2. The van der Waals surface area contributed by atoms with Gasteiger partial charge in [-0.25, -0.2) is 4.99 Å². The molecule has 1 N–H and O–H groups in total. The summed E-state index contributed by atoms with van der Waals surface area (Å²) in [6, 6.07) is 59.9. The Balaban J connectivity index is 1.43. The molecule has 9 heteroatoms. The molecular formula is C63H56Br4N2O3. The van der Waals surface area contributed by atoms with Gasteiger partial charge in [0, 0.05) is 51.3 Å². The lowest BCUT2D eigenvalue weighted by atomic mass is 9.85. The minimum atomic E-state index is 0.651. The number of halogens is 4. The third-order valence-electron chi connectivity index (χ3n) is 12.7. The van der Waals surface area contributed by atoms with Crippen molar-refractivity contribution in [3.05, 3.63) is 221 Å². The standard InChI is InChI=1S/C63H56Br4N2O3/c1-4-7-38-70-52-32-18-43(19-33-52)57-55(41-10-24-48(64)25-11-41)60(46-14-28-50(66)29-15-46)68-62(57)59(45-22-36-54(37-23-45)72-40-9-6-3)63-58(44-20-34-53(35-21-44)71-39-8-5-2)56(42-12-26-49(65)27-13-42)61(69-63)47-16-30-51(67)31-17-47/h10-37,68H,4-9,38-40H2,1-3H3/b63-59-. The van der Waals surface area contributed by atoms with Crippen LogP contribution in [0.3, 0.4) is 0 Å². The number of aliphatic imine (C=N–C) groups is 1. The molecule has 0 amide bonds. The lowest BCUT2D eigenvalue weighted by molar-refractivity contribution is 0.309. The SMILES string of the molecule is CCCCOc1ccc(C2=C(c3ccc(Br)cc3)C(c3ccc(Br)cc3)=N/C2=C(/c2ccc(OCCCC)cc2)c2[nH]c(-c3ccc(Br)cc3)c(-c3ccc(Br)cc3)c2-c2ccc(OCCCC)cc2)cc1. The second-order valence-corrected chi connectivity index (χ2v) is 21.4. The fourth-order valence-electron chi connectivity index (χ4n) is 8.91. The molecule has 1 aliphatic rings. The molecule has 0 aliphatic carbocycles. The zero-order valence-corrected chi connectivity index (χ0v) is 47.1. The Morgan fingerprint density at radius 1 is 0.403 bits per heavy atom. The summed E-state index contributed by atoms with van der Waals surface area (Å²) in [5, 5.41) is 0. The summed E-state index contributed by atoms with van der Waals surface area (Å²) in [4.78, 5) is 10.1. The molecule has 0 saturated heterocycles. The summed E-state index contributed by atoms with van der Waals surface area (Å²) >= 11 is 14.9. The van der Waals surface area contributed by atoms with Crippen LogP contribution in [0.4, 0.5) is 0 Å². The first-order valence-corrected chi connectivity index (χ1v) is 28.0. The summed E-state index contributed by atoms with van der Waals surface area (Å²) in [6.07, 6.45) is 6.13. The van der Waals surface area contributed by atoms with Crippen molar-refractivity contribution >= 4 is 86.2 Å². The van der Waals surface area contributed by atoms with Crippen molar-refractivity contribution in [2.24, 2.45) is 4.99 Å². The number of ether oxygens (including phenoxy) is 3. The van der Waals surface area contributed by atoms with Crippen LogP contribution in [0, 0.1) is 0 Å². The van der Waals surface area contributed by atoms with E-state index >= 15 is 0 Å². The van der Waals surface area contributed by atoms with E-state index in [0.29, 0.717) is 19.8 Å². The quantitative estimate of drug-likeness (QED) is 0.0774. The number of rotatable bonds is 20. The molecule has 0 fully saturated rings. The third-order valence-corrected chi connectivity index (χ3v) is 14.8. The summed E-state index contributed by atoms with van der Waals surface area (Å²) in [5.41, 5.74) is 15.9. The van der Waals surface area contributed by atoms with Gasteiger partial charge in [0.1, 0.15) is 17.2 Å². The van der Waals surface area contributed by atoms with Crippen LogP contribution in [0.15, 0.2) is 198 Å². The molecule has 0 saturated carbocycles. The van der Waals surface area contributed by atoms with E-state index in [4.69, 9.17) is 19.2 Å². The second-order valence-electron chi connectivity index (χ2n) is 17.8. The van der Waals surface area contributed by atoms with Crippen LogP contribution in [0.2, 0.25) is 0 Å². The average molecular weight is 1210 g/mol. The van der Waals surface area contributed by atoms with Crippen molar-refractivity contribution in [1.82, 2.24) is 4.98 Å². The van der Waals surface area contributed by atoms with E-state index in [1.165, 1.54) is 0 Å². The number of aromatic nitrogens is 1. The maximum absolute atomic E-state index is 6.32. The lowest BCUT2D eigenvalue weighted by Crippen LogP contribution is -2.03. The van der Waals surface area contributed by atoms with Gasteiger partial charge in [-0.05, 0) is 138 Å².